The number of hydrogen-bond donors (Lipinski definition) is 1. The Labute approximate surface area is 111 Å². The molecule has 0 radical (unpaired) electrons. The molecule has 1 aromatic carbocycles. The first-order valence-electron chi connectivity index (χ1n) is 5.09. The Bertz CT molecular complexity index is 435. The molecule has 1 unspecified atom stereocenters. The van der Waals surface area contributed by atoms with E-state index < -0.39 is 17.6 Å². The van der Waals surface area contributed by atoms with Gasteiger partial charge in [0.05, 0.1) is 0 Å². The van der Waals surface area contributed by atoms with E-state index in [1.165, 1.54) is 13.2 Å². The van der Waals surface area contributed by atoms with Gasteiger partial charge in [-0.3, -0.25) is 0 Å². The van der Waals surface area contributed by atoms with Gasteiger partial charge < -0.3 is 0 Å². The molecule has 18 heavy (non-hydrogen) atoms. The summed E-state index contributed by atoms with van der Waals surface area (Å²) in [4.78, 5) is 11.6. The first kappa shape index (κ1) is 15.1. The molecule has 3 nitrogen and oxygen atoms in total. The van der Waals surface area contributed by atoms with Crippen molar-refractivity contribution in [2.45, 2.75) is 6.18 Å². The zero-order valence-corrected chi connectivity index (χ0v) is 12.1. The van der Waals surface area contributed by atoms with E-state index in [1.54, 1.807) is 0 Å². The van der Waals surface area contributed by atoms with Crippen LogP contribution in [-0.2, 0) is 10.9 Å². The molecule has 1 atom stereocenters. The zero-order chi connectivity index (χ0) is 13.8. The molecule has 0 fully saturated rings. The predicted molar refractivity (Wildman–Crippen MR) is 63.8 cm³/mol. The number of halogens is 3. The summed E-state index contributed by atoms with van der Waals surface area (Å²) in [7, 11) is 1.48. The molecule has 1 rings (SSSR count). The molecule has 0 aliphatic carbocycles. The minimum absolute atomic E-state index is 0.0142. The van der Waals surface area contributed by atoms with Crippen LogP contribution in [0.25, 0.3) is 0 Å². The number of nitrogens with one attached hydrogen (secondary N) is 1. The molecule has 0 heterocycles. The van der Waals surface area contributed by atoms with Crippen LogP contribution in [0.1, 0.15) is 15.9 Å². The van der Waals surface area contributed by atoms with Gasteiger partial charge in [0.2, 0.25) is 0 Å². The number of benzene rings is 1. The summed E-state index contributed by atoms with van der Waals surface area (Å²) in [6, 6.07) is 3.33. The Morgan fingerprint density at radius 1 is 1.39 bits per heavy atom. The van der Waals surface area contributed by atoms with E-state index in [1.807, 2.05) is 0 Å². The summed E-state index contributed by atoms with van der Waals surface area (Å²) < 4.78 is 42.9. The van der Waals surface area contributed by atoms with E-state index in [4.69, 9.17) is 4.74 Å². The van der Waals surface area contributed by atoms with Gasteiger partial charge >= 0.3 is 111 Å². The average molecular weight is 323 g/mol. The molecule has 100 valence electrons. The monoisotopic (exact) mass is 323 g/mol. The maximum atomic E-state index is 12.6. The number of carbonyl (C=O) groups excluding carboxylic acids is 1. The normalized spacial score (nSPS) is 11.4. The Kier molecular flexibility index (Phi) is 5.23. The van der Waals surface area contributed by atoms with Gasteiger partial charge in [-0.25, -0.2) is 0 Å². The van der Waals surface area contributed by atoms with Gasteiger partial charge in [0.25, 0.3) is 0 Å². The molecule has 0 spiro atoms. The summed E-state index contributed by atoms with van der Waals surface area (Å²) in [6.45, 7) is 0.573. The Balaban J connectivity index is 2.89. The zero-order valence-electron chi connectivity index (χ0n) is 9.67. The van der Waals surface area contributed by atoms with Crippen LogP contribution in [0, 0.1) is 0 Å². The predicted octanol–water partition coefficient (Wildman–Crippen LogP) is 0.340. The third-order valence-corrected chi connectivity index (χ3v) is 2.84. The van der Waals surface area contributed by atoms with Gasteiger partial charge in [0.1, 0.15) is 0 Å². The van der Waals surface area contributed by atoms with Crippen molar-refractivity contribution in [3.8, 4) is 0 Å². The topological polar surface area (TPSA) is 38.3 Å². The third kappa shape index (κ3) is 4.35. The molecule has 1 aromatic rings. The second-order valence-corrected chi connectivity index (χ2v) is 4.99. The molecule has 0 aliphatic rings. The number of hydrogen-bond acceptors (Lipinski definition) is 2. The van der Waals surface area contributed by atoms with Crippen LogP contribution < -0.4 is 9.67 Å². The van der Waals surface area contributed by atoms with Crippen molar-refractivity contribution in [2.24, 2.45) is 0 Å². The first-order valence-corrected chi connectivity index (χ1v) is 6.30. The molecule has 1 amide bonds. The number of methoxy groups -OCH3 is 1. The van der Waals surface area contributed by atoms with E-state index in [9.17, 15) is 18.0 Å². The van der Waals surface area contributed by atoms with Gasteiger partial charge in [-0.2, -0.15) is 0 Å². The molecule has 0 saturated carbocycles. The fourth-order valence-corrected chi connectivity index (χ4v) is 2.07. The summed E-state index contributed by atoms with van der Waals surface area (Å²) >= 11 is 1.04. The molecule has 0 bridgehead atoms. The van der Waals surface area contributed by atoms with Crippen molar-refractivity contribution in [1.29, 1.82) is 0 Å². The molecular weight excluding hydrogens is 310 g/mol. The SMILES string of the molecule is COCCNC(=O)c1cc([AsH2])cc(C(F)(F)F)c1. The van der Waals surface area contributed by atoms with Crippen molar-refractivity contribution in [1.82, 2.24) is 5.32 Å². The van der Waals surface area contributed by atoms with Crippen molar-refractivity contribution >= 4 is 27.1 Å². The fraction of sp³-hybridized carbons (Fsp3) is 0.364. The van der Waals surface area contributed by atoms with Crippen LogP contribution in [-0.4, -0.2) is 43.0 Å². The van der Waals surface area contributed by atoms with Crippen LogP contribution in [0.2, 0.25) is 0 Å². The van der Waals surface area contributed by atoms with Gasteiger partial charge in [-0.1, -0.05) is 0 Å². The van der Waals surface area contributed by atoms with Crippen LogP contribution >= 0.6 is 0 Å². The number of ether oxygens (including phenoxy) is 1. The quantitative estimate of drug-likeness (QED) is 0.641. The van der Waals surface area contributed by atoms with Gasteiger partial charge in [0, 0.05) is 0 Å². The maximum absolute atomic E-state index is 12.6. The van der Waals surface area contributed by atoms with E-state index in [0.29, 0.717) is 11.0 Å². The number of amides is 1. The summed E-state index contributed by atoms with van der Waals surface area (Å²) in [5.41, 5.74) is -0.790. The Morgan fingerprint density at radius 2 is 2.06 bits per heavy atom. The van der Waals surface area contributed by atoms with Crippen LogP contribution in [0.5, 0.6) is 0 Å². The molecular formula is C11H13AsF3NO2. The minimum atomic E-state index is -4.44. The number of alkyl halides is 3. The molecule has 0 saturated heterocycles. The second kappa shape index (κ2) is 6.25. The van der Waals surface area contributed by atoms with Crippen molar-refractivity contribution in [3.05, 3.63) is 29.3 Å². The van der Waals surface area contributed by atoms with Crippen LogP contribution in [0.3, 0.4) is 0 Å². The Morgan fingerprint density at radius 3 is 2.61 bits per heavy atom. The van der Waals surface area contributed by atoms with E-state index in [2.05, 4.69) is 5.32 Å². The molecule has 7 heteroatoms. The molecule has 0 aromatic heterocycles. The first-order chi connectivity index (χ1) is 8.34. The van der Waals surface area contributed by atoms with E-state index in [0.717, 1.165) is 29.0 Å². The van der Waals surface area contributed by atoms with Crippen molar-refractivity contribution in [2.75, 3.05) is 20.3 Å². The molecule has 0 aliphatic heterocycles. The Hall–Kier alpha value is -1.00. The summed E-state index contributed by atoms with van der Waals surface area (Å²) in [5, 5.41) is 2.48. The van der Waals surface area contributed by atoms with E-state index in [-0.39, 0.29) is 12.1 Å². The van der Waals surface area contributed by atoms with E-state index >= 15 is 0 Å². The number of carbonyl (C=O) groups is 1. The summed E-state index contributed by atoms with van der Waals surface area (Å²) in [6.07, 6.45) is -4.44. The fourth-order valence-electron chi connectivity index (χ4n) is 1.32. The van der Waals surface area contributed by atoms with Crippen LogP contribution in [0.4, 0.5) is 13.2 Å². The van der Waals surface area contributed by atoms with Crippen LogP contribution in [0.15, 0.2) is 18.2 Å². The second-order valence-electron chi connectivity index (χ2n) is 3.59. The summed E-state index contributed by atoms with van der Waals surface area (Å²) in [5.74, 6) is -0.531. The number of rotatable bonds is 4. The molecule has 1 N–H and O–H groups in total. The van der Waals surface area contributed by atoms with Crippen molar-refractivity contribution < 1.29 is 22.7 Å². The van der Waals surface area contributed by atoms with Crippen molar-refractivity contribution in [3.63, 3.8) is 0 Å². The van der Waals surface area contributed by atoms with Gasteiger partial charge in [0.15, 0.2) is 0 Å². The third-order valence-electron chi connectivity index (χ3n) is 2.14. The average Bonchev–Trinajstić information content (AvgIpc) is 2.27. The standard InChI is InChI=1S/C11H13AsF3NO2/c1-18-3-2-16-10(17)7-4-8(11(13,14)15)6-9(12)5-7/h4-6H,2-3,12H2,1H3,(H,16,17). The van der Waals surface area contributed by atoms with Gasteiger partial charge in [-0.05, 0) is 0 Å². The van der Waals surface area contributed by atoms with Gasteiger partial charge in [-0.15, -0.1) is 0 Å².